The van der Waals surface area contributed by atoms with Gasteiger partial charge in [-0.3, -0.25) is 4.98 Å². The van der Waals surface area contributed by atoms with E-state index in [1.165, 1.54) is 6.33 Å². The van der Waals surface area contributed by atoms with Crippen molar-refractivity contribution in [2.45, 2.75) is 13.3 Å². The number of hydrogen-bond donors (Lipinski definition) is 1. The first-order chi connectivity index (χ1) is 8.29. The molecule has 0 unspecified atom stereocenters. The molecule has 0 saturated carbocycles. The monoisotopic (exact) mass is 234 g/mol. The average molecular weight is 234 g/mol. The fraction of sp³-hybridized carbons (Fsp3) is 0.364. The molecule has 0 spiro atoms. The number of anilines is 1. The van der Waals surface area contributed by atoms with E-state index in [0.29, 0.717) is 18.9 Å². The molecule has 2 aromatic heterocycles. The molecule has 0 amide bonds. The second kappa shape index (κ2) is 5.29. The van der Waals surface area contributed by atoms with E-state index >= 15 is 0 Å². The van der Waals surface area contributed by atoms with Gasteiger partial charge < -0.3 is 14.6 Å². The summed E-state index contributed by atoms with van der Waals surface area (Å²) in [6.07, 6.45) is 3.77. The van der Waals surface area contributed by atoms with Crippen LogP contribution in [0.4, 0.5) is 5.69 Å². The maximum Gasteiger partial charge on any atom is 0.228 e. The van der Waals surface area contributed by atoms with Crippen molar-refractivity contribution in [1.82, 2.24) is 15.1 Å². The SMILES string of the molecule is COc1cnc(C)cc1NCCc1ncno1. The molecule has 90 valence electrons. The lowest BCUT2D eigenvalue weighted by molar-refractivity contribution is 0.379. The van der Waals surface area contributed by atoms with E-state index < -0.39 is 0 Å². The Balaban J connectivity index is 1.96. The van der Waals surface area contributed by atoms with Crippen LogP contribution in [0.5, 0.6) is 5.75 Å². The normalized spacial score (nSPS) is 10.2. The lowest BCUT2D eigenvalue weighted by Crippen LogP contribution is -2.07. The van der Waals surface area contributed by atoms with Crippen molar-refractivity contribution < 1.29 is 9.26 Å². The number of aryl methyl sites for hydroxylation is 1. The first-order valence-corrected chi connectivity index (χ1v) is 5.29. The van der Waals surface area contributed by atoms with Gasteiger partial charge in [0, 0.05) is 18.7 Å². The summed E-state index contributed by atoms with van der Waals surface area (Å²) in [4.78, 5) is 8.11. The van der Waals surface area contributed by atoms with Crippen LogP contribution in [0.15, 0.2) is 23.1 Å². The summed E-state index contributed by atoms with van der Waals surface area (Å²) in [5, 5.41) is 6.80. The summed E-state index contributed by atoms with van der Waals surface area (Å²) >= 11 is 0. The second-order valence-electron chi connectivity index (χ2n) is 3.54. The number of rotatable bonds is 5. The Bertz CT molecular complexity index is 470. The third kappa shape index (κ3) is 2.93. The van der Waals surface area contributed by atoms with Gasteiger partial charge in [-0.05, 0) is 13.0 Å². The molecule has 17 heavy (non-hydrogen) atoms. The summed E-state index contributed by atoms with van der Waals surface area (Å²) < 4.78 is 10.1. The van der Waals surface area contributed by atoms with E-state index in [1.807, 2.05) is 13.0 Å². The highest BCUT2D eigenvalue weighted by Gasteiger charge is 2.04. The predicted molar refractivity (Wildman–Crippen MR) is 62.0 cm³/mol. The van der Waals surface area contributed by atoms with Crippen molar-refractivity contribution in [2.24, 2.45) is 0 Å². The van der Waals surface area contributed by atoms with Crippen LogP contribution in [0.3, 0.4) is 0 Å². The second-order valence-corrected chi connectivity index (χ2v) is 3.54. The van der Waals surface area contributed by atoms with Gasteiger partial charge in [-0.1, -0.05) is 5.16 Å². The standard InChI is InChI=1S/C11H14N4O2/c1-8-5-9(10(16-2)6-13-8)12-4-3-11-14-7-15-17-11/h5-7H,3-4H2,1-2H3,(H,12,13). The number of nitrogens with zero attached hydrogens (tertiary/aromatic N) is 3. The van der Waals surface area contributed by atoms with Crippen molar-refractivity contribution in [3.63, 3.8) is 0 Å². The van der Waals surface area contributed by atoms with Crippen molar-refractivity contribution >= 4 is 5.69 Å². The third-order valence-electron chi connectivity index (χ3n) is 2.29. The third-order valence-corrected chi connectivity index (χ3v) is 2.29. The molecule has 0 aliphatic heterocycles. The maximum atomic E-state index is 5.21. The van der Waals surface area contributed by atoms with Gasteiger partial charge in [0.2, 0.25) is 5.89 Å². The number of pyridine rings is 1. The molecule has 0 atom stereocenters. The Morgan fingerprint density at radius 1 is 1.41 bits per heavy atom. The highest BCUT2D eigenvalue weighted by atomic mass is 16.5. The van der Waals surface area contributed by atoms with E-state index in [9.17, 15) is 0 Å². The lowest BCUT2D eigenvalue weighted by atomic mass is 10.3. The predicted octanol–water partition coefficient (Wildman–Crippen LogP) is 1.44. The average Bonchev–Trinajstić information content (AvgIpc) is 2.82. The van der Waals surface area contributed by atoms with Gasteiger partial charge in [-0.25, -0.2) is 0 Å². The first kappa shape index (κ1) is 11.4. The van der Waals surface area contributed by atoms with Crippen LogP contribution in [0.25, 0.3) is 0 Å². The van der Waals surface area contributed by atoms with Crippen LogP contribution in [0, 0.1) is 6.92 Å². The van der Waals surface area contributed by atoms with E-state index in [2.05, 4.69) is 20.4 Å². The van der Waals surface area contributed by atoms with Crippen molar-refractivity contribution in [2.75, 3.05) is 19.0 Å². The van der Waals surface area contributed by atoms with Crippen LogP contribution in [0.1, 0.15) is 11.6 Å². The largest absolute Gasteiger partial charge is 0.493 e. The molecule has 2 rings (SSSR count). The molecule has 2 heterocycles. The molecule has 0 aliphatic carbocycles. The van der Waals surface area contributed by atoms with E-state index in [-0.39, 0.29) is 0 Å². The summed E-state index contributed by atoms with van der Waals surface area (Å²) in [5.74, 6) is 1.34. The minimum Gasteiger partial charge on any atom is -0.493 e. The van der Waals surface area contributed by atoms with E-state index in [1.54, 1.807) is 13.3 Å². The Labute approximate surface area is 99.0 Å². The topological polar surface area (TPSA) is 73.1 Å². The van der Waals surface area contributed by atoms with Gasteiger partial charge in [-0.15, -0.1) is 0 Å². The van der Waals surface area contributed by atoms with Crippen LogP contribution < -0.4 is 10.1 Å². The molecule has 0 bridgehead atoms. The molecular formula is C11H14N4O2. The smallest absolute Gasteiger partial charge is 0.228 e. The Kier molecular flexibility index (Phi) is 3.54. The van der Waals surface area contributed by atoms with Crippen molar-refractivity contribution in [1.29, 1.82) is 0 Å². The van der Waals surface area contributed by atoms with Crippen molar-refractivity contribution in [3.05, 3.63) is 30.2 Å². The zero-order valence-corrected chi connectivity index (χ0v) is 9.80. The Morgan fingerprint density at radius 2 is 2.29 bits per heavy atom. The summed E-state index contributed by atoms with van der Waals surface area (Å²) in [6, 6.07) is 1.94. The molecule has 0 radical (unpaired) electrons. The summed E-state index contributed by atoms with van der Waals surface area (Å²) in [7, 11) is 1.62. The van der Waals surface area contributed by atoms with Gasteiger partial charge in [-0.2, -0.15) is 4.98 Å². The number of methoxy groups -OCH3 is 1. The number of aromatic nitrogens is 3. The molecule has 0 saturated heterocycles. The molecule has 2 aromatic rings. The summed E-state index contributed by atoms with van der Waals surface area (Å²) in [5.41, 5.74) is 1.85. The zero-order chi connectivity index (χ0) is 12.1. The van der Waals surface area contributed by atoms with Crippen LogP contribution in [-0.4, -0.2) is 28.8 Å². The highest BCUT2D eigenvalue weighted by molar-refractivity contribution is 5.55. The van der Waals surface area contributed by atoms with Crippen LogP contribution in [0.2, 0.25) is 0 Å². The quantitative estimate of drug-likeness (QED) is 0.843. The molecular weight excluding hydrogens is 220 g/mol. The minimum atomic E-state index is 0.613. The molecule has 0 aliphatic rings. The fourth-order valence-electron chi connectivity index (χ4n) is 1.46. The Morgan fingerprint density at radius 3 is 3.00 bits per heavy atom. The summed E-state index contributed by atoms with van der Waals surface area (Å²) in [6.45, 7) is 2.63. The fourth-order valence-corrected chi connectivity index (χ4v) is 1.46. The molecule has 6 heteroatoms. The molecule has 6 nitrogen and oxygen atoms in total. The van der Waals surface area contributed by atoms with Gasteiger partial charge >= 0.3 is 0 Å². The van der Waals surface area contributed by atoms with Gasteiger partial charge in [0.1, 0.15) is 0 Å². The number of hydrogen-bond acceptors (Lipinski definition) is 6. The molecule has 0 fully saturated rings. The van der Waals surface area contributed by atoms with E-state index in [0.717, 1.165) is 17.1 Å². The van der Waals surface area contributed by atoms with Gasteiger partial charge in [0.15, 0.2) is 12.1 Å². The maximum absolute atomic E-state index is 5.21. The van der Waals surface area contributed by atoms with Crippen LogP contribution >= 0.6 is 0 Å². The van der Waals surface area contributed by atoms with Gasteiger partial charge in [0.05, 0.1) is 19.0 Å². The first-order valence-electron chi connectivity index (χ1n) is 5.29. The minimum absolute atomic E-state index is 0.613. The number of nitrogens with one attached hydrogen (secondary N) is 1. The molecule has 0 aromatic carbocycles. The van der Waals surface area contributed by atoms with E-state index in [4.69, 9.17) is 9.26 Å². The highest BCUT2D eigenvalue weighted by Crippen LogP contribution is 2.23. The Hall–Kier alpha value is -2.11. The zero-order valence-electron chi connectivity index (χ0n) is 9.80. The number of ether oxygens (including phenoxy) is 1. The lowest BCUT2D eigenvalue weighted by Gasteiger charge is -2.10. The van der Waals surface area contributed by atoms with Crippen molar-refractivity contribution in [3.8, 4) is 5.75 Å². The van der Waals surface area contributed by atoms with Gasteiger partial charge in [0.25, 0.3) is 0 Å². The van der Waals surface area contributed by atoms with Crippen LogP contribution in [-0.2, 0) is 6.42 Å². The molecule has 1 N–H and O–H groups in total.